The summed E-state index contributed by atoms with van der Waals surface area (Å²) in [4.78, 5) is 37.3. The predicted octanol–water partition coefficient (Wildman–Crippen LogP) is 3.08. The summed E-state index contributed by atoms with van der Waals surface area (Å²) in [5.74, 6) is -0.928. The van der Waals surface area contributed by atoms with Crippen LogP contribution >= 0.6 is 0 Å². The third-order valence-electron chi connectivity index (χ3n) is 3.90. The van der Waals surface area contributed by atoms with Gasteiger partial charge in [0.2, 0.25) is 5.78 Å². The molecule has 0 spiro atoms. The first-order chi connectivity index (χ1) is 11.2. The molecule has 3 aromatic rings. The molecular formula is C19H10O4. The highest BCUT2D eigenvalue weighted by molar-refractivity contribution is 6.29. The van der Waals surface area contributed by atoms with Crippen LogP contribution in [-0.2, 0) is 0 Å². The lowest BCUT2D eigenvalue weighted by Gasteiger charge is -2.18. The first-order valence-electron chi connectivity index (χ1n) is 7.09. The van der Waals surface area contributed by atoms with Gasteiger partial charge in [0.15, 0.2) is 11.5 Å². The van der Waals surface area contributed by atoms with E-state index in [2.05, 4.69) is 0 Å². The molecule has 110 valence electrons. The van der Waals surface area contributed by atoms with Crippen molar-refractivity contribution in [2.75, 3.05) is 0 Å². The van der Waals surface area contributed by atoms with Gasteiger partial charge in [-0.15, -0.1) is 0 Å². The molecule has 1 heterocycles. The lowest BCUT2D eigenvalue weighted by Crippen LogP contribution is -2.24. The van der Waals surface area contributed by atoms with E-state index in [0.29, 0.717) is 16.7 Å². The van der Waals surface area contributed by atoms with E-state index >= 15 is 0 Å². The van der Waals surface area contributed by atoms with E-state index in [4.69, 9.17) is 4.42 Å². The van der Waals surface area contributed by atoms with Gasteiger partial charge in [-0.1, -0.05) is 54.6 Å². The minimum atomic E-state index is -0.650. The molecule has 1 aliphatic carbocycles. The lowest BCUT2D eigenvalue weighted by atomic mass is 9.84. The summed E-state index contributed by atoms with van der Waals surface area (Å²) in [6.07, 6.45) is 0. The molecule has 4 heteroatoms. The number of ketones is 2. The number of hydrogen-bond donors (Lipinski definition) is 0. The van der Waals surface area contributed by atoms with Gasteiger partial charge in [0.25, 0.3) is 0 Å². The smallest absolute Gasteiger partial charge is 0.336 e. The minimum absolute atomic E-state index is 0.152. The molecule has 0 saturated heterocycles. The summed E-state index contributed by atoms with van der Waals surface area (Å²) >= 11 is 0. The molecule has 4 rings (SSSR count). The molecular weight excluding hydrogens is 292 g/mol. The fourth-order valence-electron chi connectivity index (χ4n) is 2.86. The van der Waals surface area contributed by atoms with Crippen molar-refractivity contribution in [1.82, 2.24) is 0 Å². The molecule has 0 unspecified atom stereocenters. The Bertz CT molecular complexity index is 1010. The van der Waals surface area contributed by atoms with Crippen LogP contribution in [0, 0.1) is 0 Å². The molecule has 0 amide bonds. The van der Waals surface area contributed by atoms with E-state index in [1.165, 1.54) is 6.07 Å². The maximum atomic E-state index is 12.8. The van der Waals surface area contributed by atoms with Gasteiger partial charge in [-0.3, -0.25) is 9.59 Å². The lowest BCUT2D eigenvalue weighted by molar-refractivity contribution is 0.0953. The zero-order chi connectivity index (χ0) is 16.0. The summed E-state index contributed by atoms with van der Waals surface area (Å²) < 4.78 is 5.08. The van der Waals surface area contributed by atoms with Gasteiger partial charge in [0.05, 0.1) is 5.56 Å². The number of fused-ring (bicyclic) bond motifs is 2. The van der Waals surface area contributed by atoms with Crippen LogP contribution in [0.15, 0.2) is 69.9 Å². The van der Waals surface area contributed by atoms with Gasteiger partial charge in [-0.2, -0.15) is 0 Å². The Morgan fingerprint density at radius 3 is 1.96 bits per heavy atom. The van der Waals surface area contributed by atoms with Crippen molar-refractivity contribution in [2.24, 2.45) is 0 Å². The Labute approximate surface area is 131 Å². The summed E-state index contributed by atoms with van der Waals surface area (Å²) in [6.45, 7) is 0. The van der Waals surface area contributed by atoms with Gasteiger partial charge in [0, 0.05) is 22.8 Å². The van der Waals surface area contributed by atoms with Crippen LogP contribution in [0.2, 0.25) is 0 Å². The van der Waals surface area contributed by atoms with Crippen LogP contribution in [-0.4, -0.2) is 11.6 Å². The molecule has 0 N–H and O–H groups in total. The maximum Gasteiger partial charge on any atom is 0.336 e. The monoisotopic (exact) mass is 302 g/mol. The molecule has 2 aromatic carbocycles. The third-order valence-corrected chi connectivity index (χ3v) is 3.90. The molecule has 0 atom stereocenters. The van der Waals surface area contributed by atoms with Gasteiger partial charge in [-0.05, 0) is 5.56 Å². The average Bonchev–Trinajstić information content (AvgIpc) is 2.59. The number of carbonyl (C=O) groups is 2. The van der Waals surface area contributed by atoms with Crippen LogP contribution < -0.4 is 5.63 Å². The van der Waals surface area contributed by atoms with Crippen molar-refractivity contribution in [3.8, 4) is 11.1 Å². The van der Waals surface area contributed by atoms with Gasteiger partial charge < -0.3 is 4.42 Å². The summed E-state index contributed by atoms with van der Waals surface area (Å²) in [5.41, 5.74) is 1.21. The Kier molecular flexibility index (Phi) is 2.84. The largest absolute Gasteiger partial charge is 0.418 e. The molecule has 1 aliphatic rings. The Balaban J connectivity index is 2.08. The van der Waals surface area contributed by atoms with Crippen LogP contribution in [0.25, 0.3) is 11.1 Å². The minimum Gasteiger partial charge on any atom is -0.418 e. The molecule has 23 heavy (non-hydrogen) atoms. The first kappa shape index (κ1) is 13.4. The van der Waals surface area contributed by atoms with E-state index < -0.39 is 11.4 Å². The molecule has 4 nitrogen and oxygen atoms in total. The van der Waals surface area contributed by atoms with E-state index in [1.54, 1.807) is 48.5 Å². The molecule has 0 bridgehead atoms. The van der Waals surface area contributed by atoms with Crippen molar-refractivity contribution < 1.29 is 14.0 Å². The van der Waals surface area contributed by atoms with Gasteiger partial charge >= 0.3 is 5.63 Å². The van der Waals surface area contributed by atoms with E-state index in [-0.39, 0.29) is 22.7 Å². The molecule has 0 saturated carbocycles. The number of carbonyl (C=O) groups excluding carboxylic acids is 2. The summed E-state index contributed by atoms with van der Waals surface area (Å²) in [6, 6.07) is 16.8. The fourth-order valence-corrected chi connectivity index (χ4v) is 2.86. The standard InChI is InChI=1S/C19H10O4/c20-15-10-14(11-6-2-1-3-7-11)16-17(21)12-8-4-5-9-13(12)18(22)19(16)23-15/h1-10H. The highest BCUT2D eigenvalue weighted by Crippen LogP contribution is 2.33. The highest BCUT2D eigenvalue weighted by atomic mass is 16.4. The van der Waals surface area contributed by atoms with Crippen LogP contribution in [0.1, 0.15) is 32.0 Å². The number of benzene rings is 2. The van der Waals surface area contributed by atoms with Crippen molar-refractivity contribution in [3.63, 3.8) is 0 Å². The normalized spacial score (nSPS) is 12.7. The first-order valence-corrected chi connectivity index (χ1v) is 7.09. The quantitative estimate of drug-likeness (QED) is 0.542. The van der Waals surface area contributed by atoms with Crippen LogP contribution in [0.4, 0.5) is 0 Å². The van der Waals surface area contributed by atoms with E-state index in [1.807, 2.05) is 6.07 Å². The molecule has 0 fully saturated rings. The van der Waals surface area contributed by atoms with Crippen molar-refractivity contribution >= 4 is 11.6 Å². The second kappa shape index (κ2) is 4.88. The van der Waals surface area contributed by atoms with Crippen molar-refractivity contribution in [3.05, 3.63) is 93.5 Å². The number of hydrogen-bond acceptors (Lipinski definition) is 4. The summed E-state index contributed by atoms with van der Waals surface area (Å²) in [5, 5.41) is 0. The Hall–Kier alpha value is -3.27. The zero-order valence-corrected chi connectivity index (χ0v) is 11.9. The molecule has 1 aromatic heterocycles. The predicted molar refractivity (Wildman–Crippen MR) is 83.7 cm³/mol. The Morgan fingerprint density at radius 2 is 1.26 bits per heavy atom. The fraction of sp³-hybridized carbons (Fsp3) is 0. The average molecular weight is 302 g/mol. The Morgan fingerprint density at radius 1 is 0.652 bits per heavy atom. The molecule has 0 radical (unpaired) electrons. The second-order valence-corrected chi connectivity index (χ2v) is 5.25. The topological polar surface area (TPSA) is 64.3 Å². The maximum absolute atomic E-state index is 12.8. The number of rotatable bonds is 1. The molecule has 0 aliphatic heterocycles. The van der Waals surface area contributed by atoms with Crippen molar-refractivity contribution in [1.29, 1.82) is 0 Å². The van der Waals surface area contributed by atoms with E-state index in [9.17, 15) is 14.4 Å². The third kappa shape index (κ3) is 1.96. The highest BCUT2D eigenvalue weighted by Gasteiger charge is 2.34. The summed E-state index contributed by atoms with van der Waals surface area (Å²) in [7, 11) is 0. The SMILES string of the molecule is O=C1c2ccccc2C(=O)c2c(-c3ccccc3)cc(=O)oc21. The van der Waals surface area contributed by atoms with E-state index in [0.717, 1.165) is 0 Å². The van der Waals surface area contributed by atoms with Crippen LogP contribution in [0.5, 0.6) is 0 Å². The van der Waals surface area contributed by atoms with Crippen LogP contribution in [0.3, 0.4) is 0 Å². The second-order valence-electron chi connectivity index (χ2n) is 5.25. The van der Waals surface area contributed by atoms with Gasteiger partial charge in [0.1, 0.15) is 0 Å². The zero-order valence-electron chi connectivity index (χ0n) is 11.9. The van der Waals surface area contributed by atoms with Crippen molar-refractivity contribution in [2.45, 2.75) is 0 Å². The van der Waals surface area contributed by atoms with Gasteiger partial charge in [-0.25, -0.2) is 4.79 Å².